The molecule has 2 atom stereocenters. The lowest BCUT2D eigenvalue weighted by molar-refractivity contribution is -0.147. The van der Waals surface area contributed by atoms with Crippen molar-refractivity contribution in [3.8, 4) is 0 Å². The third-order valence-electron chi connectivity index (χ3n) is 5.71. The van der Waals surface area contributed by atoms with Gasteiger partial charge < -0.3 is 9.47 Å². The van der Waals surface area contributed by atoms with Crippen LogP contribution in [0.3, 0.4) is 0 Å². The van der Waals surface area contributed by atoms with Gasteiger partial charge in [0.15, 0.2) is 0 Å². The topological polar surface area (TPSA) is 35.5 Å². The zero-order chi connectivity index (χ0) is 20.4. The van der Waals surface area contributed by atoms with Crippen molar-refractivity contribution >= 4 is 5.97 Å². The Morgan fingerprint density at radius 3 is 2.04 bits per heavy atom. The fourth-order valence-electron chi connectivity index (χ4n) is 4.02. The van der Waals surface area contributed by atoms with Gasteiger partial charge in [0.1, 0.15) is 18.2 Å². The van der Waals surface area contributed by atoms with Crippen molar-refractivity contribution in [2.75, 3.05) is 7.11 Å². The summed E-state index contributed by atoms with van der Waals surface area (Å²) in [7, 11) is 1.41. The molecule has 3 nitrogen and oxygen atoms in total. The van der Waals surface area contributed by atoms with E-state index in [9.17, 15) is 13.6 Å². The maximum Gasteiger partial charge on any atom is 0.310 e. The van der Waals surface area contributed by atoms with Gasteiger partial charge in [-0.05, 0) is 42.2 Å². The molecule has 0 heterocycles. The van der Waals surface area contributed by atoms with Crippen LogP contribution in [0.4, 0.5) is 8.78 Å². The van der Waals surface area contributed by atoms with Gasteiger partial charge in [0.2, 0.25) is 0 Å². The van der Waals surface area contributed by atoms with E-state index in [-0.39, 0.29) is 42.0 Å². The molecule has 1 fully saturated rings. The molecule has 1 aromatic carbocycles. The molecular weight excluding hydrogens is 350 g/mol. The van der Waals surface area contributed by atoms with Gasteiger partial charge in [-0.1, -0.05) is 39.8 Å². The van der Waals surface area contributed by atoms with E-state index in [2.05, 4.69) is 0 Å². The lowest BCUT2D eigenvalue weighted by Crippen LogP contribution is -2.16. The van der Waals surface area contributed by atoms with Crippen molar-refractivity contribution in [2.24, 2.45) is 17.3 Å². The van der Waals surface area contributed by atoms with Crippen LogP contribution in [0.2, 0.25) is 0 Å². The highest BCUT2D eigenvalue weighted by Crippen LogP contribution is 2.59. The van der Waals surface area contributed by atoms with Crippen LogP contribution in [0.25, 0.3) is 0 Å². The van der Waals surface area contributed by atoms with E-state index in [1.54, 1.807) is 0 Å². The number of rotatable bonds is 8. The van der Waals surface area contributed by atoms with Crippen LogP contribution in [0, 0.1) is 28.9 Å². The van der Waals surface area contributed by atoms with E-state index in [1.165, 1.54) is 7.11 Å². The number of carbonyl (C=O) groups excluding carboxylic acids is 1. The summed E-state index contributed by atoms with van der Waals surface area (Å²) < 4.78 is 40.1. The molecule has 0 N–H and O–H groups in total. The fourth-order valence-corrected chi connectivity index (χ4v) is 4.02. The van der Waals surface area contributed by atoms with Crippen molar-refractivity contribution in [2.45, 2.75) is 60.7 Å². The summed E-state index contributed by atoms with van der Waals surface area (Å²) in [4.78, 5) is 12.6. The van der Waals surface area contributed by atoms with Gasteiger partial charge in [0.05, 0.1) is 12.5 Å². The molecular formula is C22H30F2O3. The molecule has 0 bridgehead atoms. The van der Waals surface area contributed by atoms with Gasteiger partial charge in [-0.3, -0.25) is 4.79 Å². The van der Waals surface area contributed by atoms with Crippen molar-refractivity contribution in [3.05, 3.63) is 46.0 Å². The van der Waals surface area contributed by atoms with E-state index in [1.807, 2.05) is 46.8 Å². The molecule has 2 rings (SSSR count). The summed E-state index contributed by atoms with van der Waals surface area (Å²) in [6, 6.07) is 0. The van der Waals surface area contributed by atoms with Crippen LogP contribution in [-0.2, 0) is 40.3 Å². The summed E-state index contributed by atoms with van der Waals surface area (Å²) in [6.07, 6.45) is 4.72. The van der Waals surface area contributed by atoms with Gasteiger partial charge in [-0.15, -0.1) is 0 Å². The van der Waals surface area contributed by atoms with E-state index >= 15 is 0 Å². The molecule has 1 aromatic rings. The lowest BCUT2D eigenvalue weighted by atomic mass is 9.93. The van der Waals surface area contributed by atoms with Gasteiger partial charge >= 0.3 is 5.97 Å². The Balaban J connectivity index is 2.30. The Bertz CT molecular complexity index is 707. The lowest BCUT2D eigenvalue weighted by Gasteiger charge is -2.19. The highest BCUT2D eigenvalue weighted by atomic mass is 19.1. The van der Waals surface area contributed by atoms with E-state index < -0.39 is 11.6 Å². The Morgan fingerprint density at radius 1 is 1.04 bits per heavy atom. The molecule has 0 unspecified atom stereocenters. The summed E-state index contributed by atoms with van der Waals surface area (Å²) in [6.45, 7) is 9.35. The van der Waals surface area contributed by atoms with E-state index in [0.717, 1.165) is 0 Å². The van der Waals surface area contributed by atoms with Gasteiger partial charge in [-0.25, -0.2) is 8.78 Å². The quantitative estimate of drug-likeness (QED) is 0.463. The van der Waals surface area contributed by atoms with Gasteiger partial charge in [0, 0.05) is 18.2 Å². The molecule has 1 aliphatic carbocycles. The number of methoxy groups -OCH3 is 1. The largest absolute Gasteiger partial charge is 0.461 e. The van der Waals surface area contributed by atoms with Crippen molar-refractivity contribution in [1.29, 1.82) is 0 Å². The number of hydrogen-bond acceptors (Lipinski definition) is 3. The molecule has 27 heavy (non-hydrogen) atoms. The van der Waals surface area contributed by atoms with Crippen LogP contribution >= 0.6 is 0 Å². The maximum absolute atomic E-state index is 14.8. The zero-order valence-corrected chi connectivity index (χ0v) is 17.1. The van der Waals surface area contributed by atoms with E-state index in [4.69, 9.17) is 9.47 Å². The number of allylic oxidation sites excluding steroid dienone is 2. The minimum absolute atomic E-state index is 0.0576. The van der Waals surface area contributed by atoms with Crippen molar-refractivity contribution in [3.63, 3.8) is 0 Å². The molecule has 0 spiro atoms. The fraction of sp³-hybridized carbons (Fsp3) is 0.591. The molecule has 0 aliphatic heterocycles. The average molecular weight is 380 g/mol. The second-order valence-corrected chi connectivity index (χ2v) is 7.64. The summed E-state index contributed by atoms with van der Waals surface area (Å²) >= 11 is 0. The predicted octanol–water partition coefficient (Wildman–Crippen LogP) is 5.13. The number of carbonyl (C=O) groups is 1. The minimum atomic E-state index is -0.598. The first kappa shape index (κ1) is 21.5. The second-order valence-electron chi connectivity index (χ2n) is 7.64. The number of hydrogen-bond donors (Lipinski definition) is 0. The normalized spacial score (nSPS) is 20.9. The van der Waals surface area contributed by atoms with E-state index in [0.29, 0.717) is 29.5 Å². The number of benzene rings is 1. The number of halogens is 2. The zero-order valence-electron chi connectivity index (χ0n) is 17.1. The third-order valence-corrected chi connectivity index (χ3v) is 5.71. The number of esters is 1. The molecule has 1 saturated carbocycles. The first-order valence-electron chi connectivity index (χ1n) is 9.54. The molecule has 150 valence electrons. The SMILES string of the molecule is CC=C[C@@H]1[C@@H](C(=O)OCc2c(CC)c(F)c(COC)c(F)c2CC)C1(C)C. The van der Waals surface area contributed by atoms with Gasteiger partial charge in [0.25, 0.3) is 0 Å². The minimum Gasteiger partial charge on any atom is -0.461 e. The monoisotopic (exact) mass is 380 g/mol. The maximum atomic E-state index is 14.8. The predicted molar refractivity (Wildman–Crippen MR) is 101 cm³/mol. The van der Waals surface area contributed by atoms with Crippen LogP contribution in [0.15, 0.2) is 12.2 Å². The standard InChI is InChI=1S/C22H30F2O3/c1-7-10-17-18(22(17,4)5)21(25)27-12-15-13(8-2)19(23)16(11-26-6)20(24)14(15)9-3/h7,10,17-18H,8-9,11-12H2,1-6H3/t17-,18+/m1/s1. The molecule has 1 aliphatic rings. The smallest absolute Gasteiger partial charge is 0.310 e. The summed E-state index contributed by atoms with van der Waals surface area (Å²) in [5.74, 6) is -1.58. The molecule has 5 heteroatoms. The Labute approximate surface area is 160 Å². The van der Waals surface area contributed by atoms with Crippen LogP contribution in [0.1, 0.15) is 56.9 Å². The van der Waals surface area contributed by atoms with Gasteiger partial charge in [-0.2, -0.15) is 0 Å². The molecule has 0 saturated heterocycles. The summed E-state index contributed by atoms with van der Waals surface area (Å²) in [5, 5.41) is 0. The van der Waals surface area contributed by atoms with Crippen molar-refractivity contribution in [1.82, 2.24) is 0 Å². The summed E-state index contributed by atoms with van der Waals surface area (Å²) in [5.41, 5.74) is 1.03. The van der Waals surface area contributed by atoms with Crippen molar-refractivity contribution < 1.29 is 23.0 Å². The molecule has 0 amide bonds. The van der Waals surface area contributed by atoms with Crippen LogP contribution < -0.4 is 0 Å². The van der Waals surface area contributed by atoms with Crippen LogP contribution in [-0.4, -0.2) is 13.1 Å². The average Bonchev–Trinajstić information content (AvgIpc) is 3.17. The first-order chi connectivity index (χ1) is 12.8. The highest BCUT2D eigenvalue weighted by molar-refractivity contribution is 5.78. The first-order valence-corrected chi connectivity index (χ1v) is 9.54. The second kappa shape index (κ2) is 8.51. The number of ether oxygens (including phenoxy) is 2. The molecule has 0 radical (unpaired) electrons. The highest BCUT2D eigenvalue weighted by Gasteiger charge is 2.61. The Kier molecular flexibility index (Phi) is 6.79. The van der Waals surface area contributed by atoms with Crippen LogP contribution in [0.5, 0.6) is 0 Å². The third kappa shape index (κ3) is 3.93. The Hall–Kier alpha value is -1.75. The molecule has 0 aromatic heterocycles. The Morgan fingerprint density at radius 2 is 1.59 bits per heavy atom.